The Morgan fingerprint density at radius 2 is 2.30 bits per heavy atom. The standard InChI is InChI=1S/C19H19N5O2S/c1-10(13-6-17(25)22-8-13)26-16-5-12(4-15-18(16)27-9-23-15)14-3-2-11(7-20)19(21)24-14/h2-5,7,9-10,13,20H,6,8H2,1H3,(H2,21,24)(H,22,25)/p+1/t10-,13-/m1/s1. The van der Waals surface area contributed by atoms with Gasteiger partial charge in [0.1, 0.15) is 17.7 Å². The topological polar surface area (TPSA) is 116 Å². The average molecular weight is 382 g/mol. The second-order valence-electron chi connectivity index (χ2n) is 6.60. The normalized spacial score (nSPS) is 17.7. The molecule has 3 heterocycles. The van der Waals surface area contributed by atoms with Gasteiger partial charge in [0.05, 0.1) is 27.0 Å². The lowest BCUT2D eigenvalue weighted by atomic mass is 10.0. The maximum absolute atomic E-state index is 11.5. The lowest BCUT2D eigenvalue weighted by molar-refractivity contribution is -0.119. The van der Waals surface area contributed by atoms with Gasteiger partial charge in [0.2, 0.25) is 5.91 Å². The number of anilines is 1. The van der Waals surface area contributed by atoms with Crippen molar-refractivity contribution in [2.45, 2.75) is 19.4 Å². The van der Waals surface area contributed by atoms with Crippen molar-refractivity contribution in [3.8, 4) is 17.0 Å². The number of nitrogens with two attached hydrogens (primary N) is 2. The van der Waals surface area contributed by atoms with Gasteiger partial charge in [-0.2, -0.15) is 0 Å². The maximum atomic E-state index is 11.5. The van der Waals surface area contributed by atoms with Gasteiger partial charge in [0.25, 0.3) is 0 Å². The van der Waals surface area contributed by atoms with Gasteiger partial charge in [-0.05, 0) is 31.2 Å². The highest BCUT2D eigenvalue weighted by molar-refractivity contribution is 7.17. The van der Waals surface area contributed by atoms with E-state index >= 15 is 0 Å². The van der Waals surface area contributed by atoms with Crippen LogP contribution < -0.4 is 21.2 Å². The molecule has 2 atom stereocenters. The summed E-state index contributed by atoms with van der Waals surface area (Å²) in [6, 6.07) is 7.63. The van der Waals surface area contributed by atoms with E-state index in [0.29, 0.717) is 24.3 Å². The van der Waals surface area contributed by atoms with Gasteiger partial charge >= 0.3 is 0 Å². The number of rotatable bonds is 5. The molecule has 1 aliphatic heterocycles. The van der Waals surface area contributed by atoms with Crippen LogP contribution in [0.1, 0.15) is 18.9 Å². The summed E-state index contributed by atoms with van der Waals surface area (Å²) < 4.78 is 7.22. The highest BCUT2D eigenvalue weighted by atomic mass is 32.1. The van der Waals surface area contributed by atoms with Crippen LogP contribution in [0, 0.1) is 5.92 Å². The Morgan fingerprint density at radius 1 is 1.44 bits per heavy atom. The zero-order valence-electron chi connectivity index (χ0n) is 14.8. The van der Waals surface area contributed by atoms with Crippen molar-refractivity contribution in [1.29, 1.82) is 0 Å². The van der Waals surface area contributed by atoms with Crippen LogP contribution in [-0.4, -0.2) is 34.7 Å². The van der Waals surface area contributed by atoms with Crippen LogP contribution >= 0.6 is 11.3 Å². The number of ether oxygens (including phenoxy) is 1. The summed E-state index contributed by atoms with van der Waals surface area (Å²) in [6.07, 6.45) is 1.82. The molecule has 4 rings (SSSR count). The van der Waals surface area contributed by atoms with Crippen molar-refractivity contribution in [2.75, 3.05) is 12.3 Å². The second kappa shape index (κ2) is 6.96. The zero-order chi connectivity index (χ0) is 19.0. The molecule has 0 saturated carbocycles. The van der Waals surface area contributed by atoms with E-state index in [0.717, 1.165) is 27.2 Å². The molecule has 1 fully saturated rings. The molecule has 0 spiro atoms. The lowest BCUT2D eigenvalue weighted by Gasteiger charge is -2.20. The number of pyridine rings is 1. The SMILES string of the molecule is C[C@@H](Oc1cc(-c2ccc(C=[NH2+])c(N)n2)cc2ncsc12)[C@H]1CNC(=O)C1. The third kappa shape index (κ3) is 3.35. The van der Waals surface area contributed by atoms with Crippen LogP contribution in [0.15, 0.2) is 29.8 Å². The number of hydrogen-bond acceptors (Lipinski definition) is 6. The Morgan fingerprint density at radius 3 is 3.00 bits per heavy atom. The van der Waals surface area contributed by atoms with E-state index in [1.165, 1.54) is 17.6 Å². The Labute approximate surface area is 160 Å². The molecule has 2 aromatic heterocycles. The van der Waals surface area contributed by atoms with Crippen LogP contribution in [0.5, 0.6) is 5.75 Å². The minimum Gasteiger partial charge on any atom is -0.489 e. The first-order chi connectivity index (χ1) is 13.0. The van der Waals surface area contributed by atoms with Gasteiger partial charge in [0, 0.05) is 24.4 Å². The molecule has 27 heavy (non-hydrogen) atoms. The van der Waals surface area contributed by atoms with E-state index in [1.807, 2.05) is 31.2 Å². The molecule has 0 unspecified atom stereocenters. The van der Waals surface area contributed by atoms with E-state index < -0.39 is 0 Å². The van der Waals surface area contributed by atoms with Crippen molar-refractivity contribution >= 4 is 39.5 Å². The predicted octanol–water partition coefficient (Wildman–Crippen LogP) is 1.02. The molecule has 7 nitrogen and oxygen atoms in total. The van der Waals surface area contributed by atoms with E-state index in [2.05, 4.69) is 15.3 Å². The molecule has 138 valence electrons. The molecule has 1 amide bonds. The summed E-state index contributed by atoms with van der Waals surface area (Å²) >= 11 is 1.53. The van der Waals surface area contributed by atoms with Gasteiger partial charge in [-0.15, -0.1) is 11.3 Å². The minimum atomic E-state index is -0.100. The summed E-state index contributed by atoms with van der Waals surface area (Å²) in [5, 5.41) is 8.40. The van der Waals surface area contributed by atoms with E-state index in [1.54, 1.807) is 5.51 Å². The summed E-state index contributed by atoms with van der Waals surface area (Å²) in [5.74, 6) is 1.34. The van der Waals surface area contributed by atoms with E-state index in [-0.39, 0.29) is 17.9 Å². The fourth-order valence-corrected chi connectivity index (χ4v) is 3.94. The van der Waals surface area contributed by atoms with Crippen molar-refractivity contribution in [3.05, 3.63) is 35.3 Å². The fraction of sp³-hybridized carbons (Fsp3) is 0.263. The molecule has 1 aliphatic rings. The second-order valence-corrected chi connectivity index (χ2v) is 7.46. The van der Waals surface area contributed by atoms with E-state index in [9.17, 15) is 4.79 Å². The number of aromatic nitrogens is 2. The van der Waals surface area contributed by atoms with Gasteiger partial charge < -0.3 is 15.8 Å². The number of amides is 1. The number of nitrogens with zero attached hydrogens (tertiary/aromatic N) is 2. The molecule has 8 heteroatoms. The number of carbonyl (C=O) groups excluding carboxylic acids is 1. The zero-order valence-corrected chi connectivity index (χ0v) is 15.6. The maximum Gasteiger partial charge on any atom is 0.220 e. The van der Waals surface area contributed by atoms with Crippen LogP contribution in [0.2, 0.25) is 0 Å². The Hall–Kier alpha value is -3.00. The fourth-order valence-electron chi connectivity index (χ4n) is 3.22. The molecule has 0 radical (unpaired) electrons. The first kappa shape index (κ1) is 17.4. The summed E-state index contributed by atoms with van der Waals surface area (Å²) in [4.78, 5) is 20.4. The van der Waals surface area contributed by atoms with Crippen LogP contribution in [0.3, 0.4) is 0 Å². The number of fused-ring (bicyclic) bond motifs is 1. The molecule has 0 bridgehead atoms. The van der Waals surface area contributed by atoms with Crippen LogP contribution in [-0.2, 0) is 4.79 Å². The number of benzene rings is 1. The first-order valence-corrected chi connectivity index (χ1v) is 9.55. The van der Waals surface area contributed by atoms with Crippen molar-refractivity contribution in [1.82, 2.24) is 15.3 Å². The van der Waals surface area contributed by atoms with Crippen molar-refractivity contribution < 1.29 is 14.9 Å². The predicted molar refractivity (Wildman–Crippen MR) is 106 cm³/mol. The largest absolute Gasteiger partial charge is 0.489 e. The van der Waals surface area contributed by atoms with Crippen molar-refractivity contribution in [2.24, 2.45) is 5.92 Å². The third-order valence-electron chi connectivity index (χ3n) is 4.82. The number of nitrogens with one attached hydrogen (secondary N) is 1. The molecule has 1 saturated heterocycles. The number of thiazole rings is 1. The summed E-state index contributed by atoms with van der Waals surface area (Å²) in [7, 11) is 0. The van der Waals surface area contributed by atoms with Gasteiger partial charge in [-0.25, -0.2) is 9.97 Å². The van der Waals surface area contributed by atoms with Crippen LogP contribution in [0.4, 0.5) is 5.82 Å². The Balaban J connectivity index is 1.70. The molecular formula is C19H20N5O2S+. The number of nitrogen functional groups attached to an aromatic ring is 1. The van der Waals surface area contributed by atoms with Gasteiger partial charge in [-0.3, -0.25) is 10.2 Å². The van der Waals surface area contributed by atoms with Gasteiger partial charge in [0.15, 0.2) is 6.21 Å². The lowest BCUT2D eigenvalue weighted by Crippen LogP contribution is -2.30. The van der Waals surface area contributed by atoms with Crippen molar-refractivity contribution in [3.63, 3.8) is 0 Å². The first-order valence-electron chi connectivity index (χ1n) is 8.67. The Bertz CT molecular complexity index is 1030. The highest BCUT2D eigenvalue weighted by Gasteiger charge is 2.28. The van der Waals surface area contributed by atoms with Gasteiger partial charge in [-0.1, -0.05) is 0 Å². The number of hydrogen-bond donors (Lipinski definition) is 3. The molecule has 5 N–H and O–H groups in total. The average Bonchev–Trinajstić information content (AvgIpc) is 3.30. The summed E-state index contributed by atoms with van der Waals surface area (Å²) in [6.45, 7) is 2.63. The smallest absolute Gasteiger partial charge is 0.220 e. The molecule has 3 aromatic rings. The van der Waals surface area contributed by atoms with Crippen LogP contribution in [0.25, 0.3) is 21.5 Å². The quantitative estimate of drug-likeness (QED) is 0.570. The van der Waals surface area contributed by atoms with E-state index in [4.69, 9.17) is 15.9 Å². The monoisotopic (exact) mass is 382 g/mol. The number of carbonyl (C=O) groups is 1. The highest BCUT2D eigenvalue weighted by Crippen LogP contribution is 2.36. The molecule has 0 aliphatic carbocycles. The Kier molecular flexibility index (Phi) is 4.49. The minimum absolute atomic E-state index is 0.0728. The molecular weight excluding hydrogens is 362 g/mol. The summed E-state index contributed by atoms with van der Waals surface area (Å²) in [5.41, 5.74) is 10.9. The third-order valence-corrected chi connectivity index (χ3v) is 5.67. The molecule has 1 aromatic carbocycles.